The molecule has 2 aromatic rings. The first-order chi connectivity index (χ1) is 11.3. The van der Waals surface area contributed by atoms with E-state index in [2.05, 4.69) is 0 Å². The van der Waals surface area contributed by atoms with E-state index < -0.39 is 33.2 Å². The van der Waals surface area contributed by atoms with Crippen LogP contribution >= 0.6 is 0 Å². The first-order valence-electron chi connectivity index (χ1n) is 7.09. The minimum absolute atomic E-state index is 0.0482. The molecule has 0 saturated heterocycles. The van der Waals surface area contributed by atoms with Gasteiger partial charge in [0.15, 0.2) is 0 Å². The molecule has 0 bridgehead atoms. The van der Waals surface area contributed by atoms with E-state index in [0.29, 0.717) is 11.1 Å². The Hall–Kier alpha value is -2.32. The Labute approximate surface area is 137 Å². The molecule has 0 aliphatic carbocycles. The number of carboxylic acids is 1. The van der Waals surface area contributed by atoms with E-state index in [1.807, 2.05) is 0 Å². The summed E-state index contributed by atoms with van der Waals surface area (Å²) in [6, 6.07) is 6.77. The number of aromatic carboxylic acids is 1. The third-order valence-corrected chi connectivity index (χ3v) is 5.81. The van der Waals surface area contributed by atoms with Crippen LogP contribution in [0, 0.1) is 11.6 Å². The molecule has 1 N–H and O–H groups in total. The number of benzene rings is 2. The van der Waals surface area contributed by atoms with Gasteiger partial charge < -0.3 is 5.11 Å². The van der Waals surface area contributed by atoms with Gasteiger partial charge in [-0.3, -0.25) is 0 Å². The lowest BCUT2D eigenvalue weighted by molar-refractivity contribution is 0.0691. The second-order valence-electron chi connectivity index (χ2n) is 5.45. The molecule has 0 radical (unpaired) electrons. The van der Waals surface area contributed by atoms with E-state index >= 15 is 0 Å². The number of nitrogens with zero attached hydrogens (tertiary/aromatic N) is 1. The van der Waals surface area contributed by atoms with Crippen LogP contribution in [0.5, 0.6) is 0 Å². The van der Waals surface area contributed by atoms with E-state index in [-0.39, 0.29) is 24.4 Å². The molecule has 5 nitrogen and oxygen atoms in total. The van der Waals surface area contributed by atoms with E-state index in [9.17, 15) is 22.0 Å². The van der Waals surface area contributed by atoms with Crippen molar-refractivity contribution in [2.75, 3.05) is 6.54 Å². The average molecular weight is 353 g/mol. The van der Waals surface area contributed by atoms with Gasteiger partial charge in [-0.2, -0.15) is 4.31 Å². The Morgan fingerprint density at radius 2 is 1.75 bits per heavy atom. The molecule has 8 heteroatoms. The van der Waals surface area contributed by atoms with Gasteiger partial charge in [0.1, 0.15) is 11.6 Å². The number of fused-ring (bicyclic) bond motifs is 1. The van der Waals surface area contributed by atoms with Crippen molar-refractivity contribution in [2.45, 2.75) is 17.9 Å². The van der Waals surface area contributed by atoms with Gasteiger partial charge in [0.25, 0.3) is 0 Å². The van der Waals surface area contributed by atoms with Crippen LogP contribution in [-0.4, -0.2) is 30.3 Å². The molecule has 0 saturated carbocycles. The predicted octanol–water partition coefficient (Wildman–Crippen LogP) is 2.41. The van der Waals surface area contributed by atoms with Crippen molar-refractivity contribution in [3.63, 3.8) is 0 Å². The van der Waals surface area contributed by atoms with Crippen LogP contribution in [0.15, 0.2) is 41.3 Å². The highest BCUT2D eigenvalue weighted by Crippen LogP contribution is 2.27. The molecule has 0 unspecified atom stereocenters. The minimum Gasteiger partial charge on any atom is -0.478 e. The lowest BCUT2D eigenvalue weighted by atomic mass is 9.98. The lowest BCUT2D eigenvalue weighted by Crippen LogP contribution is -2.36. The molecule has 0 aromatic heterocycles. The Bertz CT molecular complexity index is 910. The summed E-state index contributed by atoms with van der Waals surface area (Å²) in [5, 5.41) is 8.99. The van der Waals surface area contributed by atoms with Gasteiger partial charge in [-0.25, -0.2) is 22.0 Å². The summed E-state index contributed by atoms with van der Waals surface area (Å²) in [4.78, 5) is 11.0. The number of carbonyl (C=O) groups is 1. The van der Waals surface area contributed by atoms with Crippen LogP contribution in [-0.2, 0) is 23.0 Å². The van der Waals surface area contributed by atoms with Gasteiger partial charge in [-0.05, 0) is 53.9 Å². The summed E-state index contributed by atoms with van der Waals surface area (Å²) in [7, 11) is -3.84. The highest BCUT2D eigenvalue weighted by molar-refractivity contribution is 7.89. The average Bonchev–Trinajstić information content (AvgIpc) is 2.54. The van der Waals surface area contributed by atoms with Crippen molar-refractivity contribution in [1.82, 2.24) is 4.31 Å². The molecule has 0 fully saturated rings. The molecule has 0 spiro atoms. The maximum atomic E-state index is 13.7. The van der Waals surface area contributed by atoms with Crippen molar-refractivity contribution in [1.29, 1.82) is 0 Å². The van der Waals surface area contributed by atoms with Crippen LogP contribution in [0.2, 0.25) is 0 Å². The van der Waals surface area contributed by atoms with Crippen LogP contribution in [0.25, 0.3) is 0 Å². The third-order valence-electron chi connectivity index (χ3n) is 3.95. The highest BCUT2D eigenvalue weighted by Gasteiger charge is 2.29. The molecule has 126 valence electrons. The Morgan fingerprint density at radius 1 is 1.08 bits per heavy atom. The standard InChI is InChI=1S/C16H13F2NO4S/c17-12-1-3-13(4-2-12)24(22,23)19-6-5-10-8-15(18)14(16(20)21)7-11(10)9-19/h1-4,7-8H,5-6,9H2,(H,20,21). The molecule has 0 atom stereocenters. The van der Waals surface area contributed by atoms with E-state index in [4.69, 9.17) is 5.11 Å². The number of hydrogen-bond donors (Lipinski definition) is 1. The zero-order valence-electron chi connectivity index (χ0n) is 12.4. The summed E-state index contributed by atoms with van der Waals surface area (Å²) in [6.45, 7) is 0.0776. The molecular weight excluding hydrogens is 340 g/mol. The lowest BCUT2D eigenvalue weighted by Gasteiger charge is -2.28. The summed E-state index contributed by atoms with van der Waals surface area (Å²) >= 11 is 0. The summed E-state index contributed by atoms with van der Waals surface area (Å²) in [6.07, 6.45) is 0.270. The molecule has 2 aromatic carbocycles. The quantitative estimate of drug-likeness (QED) is 0.920. The van der Waals surface area contributed by atoms with Gasteiger partial charge in [0.2, 0.25) is 10.0 Å². The molecule has 0 amide bonds. The predicted molar refractivity (Wildman–Crippen MR) is 81.1 cm³/mol. The Kier molecular flexibility index (Phi) is 4.10. The fourth-order valence-electron chi connectivity index (χ4n) is 2.68. The topological polar surface area (TPSA) is 74.7 Å². The second-order valence-corrected chi connectivity index (χ2v) is 7.39. The number of hydrogen-bond acceptors (Lipinski definition) is 3. The SMILES string of the molecule is O=C(O)c1cc2c(cc1F)CCN(S(=O)(=O)c1ccc(F)cc1)C2. The van der Waals surface area contributed by atoms with Crippen molar-refractivity contribution >= 4 is 16.0 Å². The van der Waals surface area contributed by atoms with E-state index in [1.54, 1.807) is 0 Å². The van der Waals surface area contributed by atoms with Gasteiger partial charge in [-0.1, -0.05) is 0 Å². The van der Waals surface area contributed by atoms with Crippen LogP contribution < -0.4 is 0 Å². The Morgan fingerprint density at radius 3 is 2.38 bits per heavy atom. The van der Waals surface area contributed by atoms with Crippen molar-refractivity contribution in [3.8, 4) is 0 Å². The molecular formula is C16H13F2NO4S. The van der Waals surface area contributed by atoms with Gasteiger partial charge in [0, 0.05) is 13.1 Å². The van der Waals surface area contributed by atoms with E-state index in [1.165, 1.54) is 22.5 Å². The van der Waals surface area contributed by atoms with Crippen LogP contribution in [0.3, 0.4) is 0 Å². The monoisotopic (exact) mass is 353 g/mol. The summed E-state index contributed by atoms with van der Waals surface area (Å²) < 4.78 is 53.1. The zero-order valence-corrected chi connectivity index (χ0v) is 13.2. The zero-order chi connectivity index (χ0) is 17.5. The molecule has 1 aliphatic heterocycles. The van der Waals surface area contributed by atoms with Crippen LogP contribution in [0.1, 0.15) is 21.5 Å². The number of sulfonamides is 1. The smallest absolute Gasteiger partial charge is 0.338 e. The maximum absolute atomic E-state index is 13.7. The van der Waals surface area contributed by atoms with Gasteiger partial charge in [-0.15, -0.1) is 0 Å². The van der Waals surface area contributed by atoms with Gasteiger partial charge >= 0.3 is 5.97 Å². The summed E-state index contributed by atoms with van der Waals surface area (Å²) in [5.74, 6) is -2.79. The van der Waals surface area contributed by atoms with Crippen molar-refractivity contribution in [2.24, 2.45) is 0 Å². The largest absolute Gasteiger partial charge is 0.478 e. The third kappa shape index (κ3) is 2.90. The molecule has 1 aliphatic rings. The fraction of sp³-hybridized carbons (Fsp3) is 0.188. The van der Waals surface area contributed by atoms with Gasteiger partial charge in [0.05, 0.1) is 10.5 Å². The highest BCUT2D eigenvalue weighted by atomic mass is 32.2. The fourth-order valence-corrected chi connectivity index (χ4v) is 4.10. The molecule has 24 heavy (non-hydrogen) atoms. The summed E-state index contributed by atoms with van der Waals surface area (Å²) in [5.41, 5.74) is 0.545. The molecule has 3 rings (SSSR count). The number of rotatable bonds is 3. The van der Waals surface area contributed by atoms with Crippen molar-refractivity contribution < 1.29 is 27.1 Å². The van der Waals surface area contributed by atoms with Crippen LogP contribution in [0.4, 0.5) is 8.78 Å². The normalized spacial score (nSPS) is 15.1. The maximum Gasteiger partial charge on any atom is 0.338 e. The second kappa shape index (κ2) is 5.95. The number of halogens is 2. The van der Waals surface area contributed by atoms with Crippen molar-refractivity contribution in [3.05, 3.63) is 64.7 Å². The first kappa shape index (κ1) is 16.5. The Balaban J connectivity index is 1.95. The molecule has 1 heterocycles. The minimum atomic E-state index is -3.84. The first-order valence-corrected chi connectivity index (χ1v) is 8.53. The number of carboxylic acid groups (broad SMARTS) is 1. The van der Waals surface area contributed by atoms with E-state index in [0.717, 1.165) is 18.2 Å².